The van der Waals surface area contributed by atoms with Crippen molar-refractivity contribution in [3.8, 4) is 17.7 Å². The molecule has 0 atom stereocenters. The monoisotopic (exact) mass is 231 g/mol. The Labute approximate surface area is 97.1 Å². The standard InChI is InChI=1S/C11H6ClN3O/c12-8-1-3-9(4-2-8)16-11-10(7-13)14-5-6-15-11/h1-6H. The maximum atomic E-state index is 8.79. The number of nitrogens with zero attached hydrogens (tertiary/aromatic N) is 3. The minimum atomic E-state index is 0.150. The molecule has 0 amide bonds. The van der Waals surface area contributed by atoms with E-state index in [9.17, 15) is 0 Å². The minimum absolute atomic E-state index is 0.150. The Morgan fingerprint density at radius 3 is 2.50 bits per heavy atom. The van der Waals surface area contributed by atoms with Gasteiger partial charge in [0.1, 0.15) is 11.8 Å². The van der Waals surface area contributed by atoms with Crippen LogP contribution in [0.2, 0.25) is 5.02 Å². The highest BCUT2D eigenvalue weighted by atomic mass is 35.5. The van der Waals surface area contributed by atoms with Gasteiger partial charge in [-0.15, -0.1) is 0 Å². The smallest absolute Gasteiger partial charge is 0.256 e. The summed E-state index contributed by atoms with van der Waals surface area (Å²) in [6.07, 6.45) is 2.90. The van der Waals surface area contributed by atoms with Crippen LogP contribution in [0.15, 0.2) is 36.7 Å². The fraction of sp³-hybridized carbons (Fsp3) is 0. The molecule has 0 saturated heterocycles. The van der Waals surface area contributed by atoms with E-state index in [1.165, 1.54) is 12.4 Å². The Morgan fingerprint density at radius 2 is 1.81 bits per heavy atom. The van der Waals surface area contributed by atoms with Crippen LogP contribution in [-0.2, 0) is 0 Å². The summed E-state index contributed by atoms with van der Waals surface area (Å²) >= 11 is 5.74. The average Bonchev–Trinajstić information content (AvgIpc) is 2.33. The van der Waals surface area contributed by atoms with Crippen molar-refractivity contribution in [1.82, 2.24) is 9.97 Å². The lowest BCUT2D eigenvalue weighted by atomic mass is 10.3. The lowest BCUT2D eigenvalue weighted by molar-refractivity contribution is 0.458. The van der Waals surface area contributed by atoms with E-state index in [0.29, 0.717) is 10.8 Å². The third-order valence-corrected chi connectivity index (χ3v) is 2.05. The van der Waals surface area contributed by atoms with Gasteiger partial charge >= 0.3 is 0 Å². The van der Waals surface area contributed by atoms with Gasteiger partial charge in [-0.05, 0) is 24.3 Å². The van der Waals surface area contributed by atoms with E-state index in [4.69, 9.17) is 21.6 Å². The summed E-state index contributed by atoms with van der Waals surface area (Å²) in [6, 6.07) is 8.68. The van der Waals surface area contributed by atoms with E-state index in [-0.39, 0.29) is 11.6 Å². The lowest BCUT2D eigenvalue weighted by Gasteiger charge is -2.04. The molecule has 0 aliphatic rings. The van der Waals surface area contributed by atoms with Gasteiger partial charge in [-0.2, -0.15) is 5.26 Å². The third kappa shape index (κ3) is 2.27. The Balaban J connectivity index is 2.27. The van der Waals surface area contributed by atoms with Crippen molar-refractivity contribution in [3.05, 3.63) is 47.4 Å². The number of aromatic nitrogens is 2. The number of hydrogen-bond donors (Lipinski definition) is 0. The van der Waals surface area contributed by atoms with Crippen LogP contribution in [0, 0.1) is 11.3 Å². The van der Waals surface area contributed by atoms with Crippen molar-refractivity contribution >= 4 is 11.6 Å². The molecule has 0 fully saturated rings. The molecule has 2 aromatic rings. The minimum Gasteiger partial charge on any atom is -0.436 e. The first-order valence-electron chi connectivity index (χ1n) is 4.44. The maximum absolute atomic E-state index is 8.79. The Hall–Kier alpha value is -2.12. The fourth-order valence-electron chi connectivity index (χ4n) is 1.09. The normalized spacial score (nSPS) is 9.50. The lowest BCUT2D eigenvalue weighted by Crippen LogP contribution is -1.93. The van der Waals surface area contributed by atoms with E-state index in [2.05, 4.69) is 9.97 Å². The van der Waals surface area contributed by atoms with Gasteiger partial charge < -0.3 is 4.74 Å². The SMILES string of the molecule is N#Cc1nccnc1Oc1ccc(Cl)cc1. The van der Waals surface area contributed by atoms with E-state index >= 15 is 0 Å². The van der Waals surface area contributed by atoms with E-state index in [0.717, 1.165) is 0 Å². The van der Waals surface area contributed by atoms with E-state index in [1.807, 2.05) is 6.07 Å². The topological polar surface area (TPSA) is 58.8 Å². The van der Waals surface area contributed by atoms with Crippen molar-refractivity contribution in [2.24, 2.45) is 0 Å². The molecule has 2 rings (SSSR count). The highest BCUT2D eigenvalue weighted by Gasteiger charge is 2.06. The van der Waals surface area contributed by atoms with Crippen molar-refractivity contribution in [2.75, 3.05) is 0 Å². The number of benzene rings is 1. The molecule has 16 heavy (non-hydrogen) atoms. The van der Waals surface area contributed by atoms with E-state index in [1.54, 1.807) is 24.3 Å². The summed E-state index contributed by atoms with van der Waals surface area (Å²) in [5.74, 6) is 0.744. The second-order valence-corrected chi connectivity index (χ2v) is 3.31. The fourth-order valence-corrected chi connectivity index (χ4v) is 1.22. The molecule has 78 valence electrons. The van der Waals surface area contributed by atoms with Crippen LogP contribution < -0.4 is 4.74 Å². The van der Waals surface area contributed by atoms with Crippen LogP contribution in [0.5, 0.6) is 11.6 Å². The molecule has 1 heterocycles. The van der Waals surface area contributed by atoms with Gasteiger partial charge in [-0.3, -0.25) is 0 Å². The summed E-state index contributed by atoms with van der Waals surface area (Å²) in [4.78, 5) is 7.76. The van der Waals surface area contributed by atoms with Crippen LogP contribution in [0.25, 0.3) is 0 Å². The zero-order valence-corrected chi connectivity index (χ0v) is 8.85. The Bertz CT molecular complexity index is 534. The van der Waals surface area contributed by atoms with Crippen LogP contribution in [0.3, 0.4) is 0 Å². The number of nitriles is 1. The molecule has 1 aromatic carbocycles. The molecule has 4 nitrogen and oxygen atoms in total. The second-order valence-electron chi connectivity index (χ2n) is 2.88. The molecular formula is C11H6ClN3O. The molecule has 5 heteroatoms. The van der Waals surface area contributed by atoms with Gasteiger partial charge in [-0.25, -0.2) is 9.97 Å². The number of halogens is 1. The molecule has 0 radical (unpaired) electrons. The van der Waals surface area contributed by atoms with Gasteiger partial charge in [0, 0.05) is 17.4 Å². The molecule has 1 aromatic heterocycles. The average molecular weight is 232 g/mol. The van der Waals surface area contributed by atoms with Gasteiger partial charge in [0.2, 0.25) is 5.69 Å². The summed E-state index contributed by atoms with van der Waals surface area (Å²) in [5, 5.41) is 9.40. The summed E-state index contributed by atoms with van der Waals surface area (Å²) in [6.45, 7) is 0. The number of rotatable bonds is 2. The maximum Gasteiger partial charge on any atom is 0.256 e. The molecular weight excluding hydrogens is 226 g/mol. The van der Waals surface area contributed by atoms with Crippen molar-refractivity contribution < 1.29 is 4.74 Å². The van der Waals surface area contributed by atoms with Crippen LogP contribution in [-0.4, -0.2) is 9.97 Å². The van der Waals surface area contributed by atoms with Crippen LogP contribution in [0.4, 0.5) is 0 Å². The highest BCUT2D eigenvalue weighted by Crippen LogP contribution is 2.22. The molecule has 0 bridgehead atoms. The van der Waals surface area contributed by atoms with Gasteiger partial charge in [0.05, 0.1) is 0 Å². The zero-order valence-electron chi connectivity index (χ0n) is 8.09. The summed E-state index contributed by atoms with van der Waals surface area (Å²) in [5.41, 5.74) is 0.150. The van der Waals surface area contributed by atoms with Crippen molar-refractivity contribution in [3.63, 3.8) is 0 Å². The molecule has 0 aliphatic heterocycles. The summed E-state index contributed by atoms with van der Waals surface area (Å²) < 4.78 is 5.40. The predicted molar refractivity (Wildman–Crippen MR) is 58.3 cm³/mol. The van der Waals surface area contributed by atoms with Gasteiger partial charge in [0.25, 0.3) is 5.88 Å². The quantitative estimate of drug-likeness (QED) is 0.797. The first kappa shape index (κ1) is 10.4. The molecule has 0 aliphatic carbocycles. The van der Waals surface area contributed by atoms with Crippen LogP contribution >= 0.6 is 11.6 Å². The van der Waals surface area contributed by atoms with Crippen molar-refractivity contribution in [2.45, 2.75) is 0 Å². The molecule has 0 unspecified atom stereocenters. The molecule has 0 saturated carbocycles. The predicted octanol–water partition coefficient (Wildman–Crippen LogP) is 2.79. The van der Waals surface area contributed by atoms with Crippen LogP contribution in [0.1, 0.15) is 5.69 Å². The first-order chi connectivity index (χ1) is 7.79. The molecule has 0 N–H and O–H groups in total. The van der Waals surface area contributed by atoms with Gasteiger partial charge in [0.15, 0.2) is 0 Å². The number of ether oxygens (including phenoxy) is 1. The largest absolute Gasteiger partial charge is 0.436 e. The molecule has 0 spiro atoms. The zero-order chi connectivity index (χ0) is 11.4. The van der Waals surface area contributed by atoms with Gasteiger partial charge in [-0.1, -0.05) is 11.6 Å². The summed E-state index contributed by atoms with van der Waals surface area (Å²) in [7, 11) is 0. The second kappa shape index (κ2) is 4.60. The third-order valence-electron chi connectivity index (χ3n) is 1.80. The Kier molecular flexibility index (Phi) is 2.99. The van der Waals surface area contributed by atoms with Crippen molar-refractivity contribution in [1.29, 1.82) is 5.26 Å². The first-order valence-corrected chi connectivity index (χ1v) is 4.82. The Morgan fingerprint density at radius 1 is 1.12 bits per heavy atom. The highest BCUT2D eigenvalue weighted by molar-refractivity contribution is 6.30. The number of hydrogen-bond acceptors (Lipinski definition) is 4. The van der Waals surface area contributed by atoms with E-state index < -0.39 is 0 Å².